The molecule has 1 saturated heterocycles. The molecule has 0 spiro atoms. The summed E-state index contributed by atoms with van der Waals surface area (Å²) < 4.78 is 16.9. The zero-order valence-corrected chi connectivity index (χ0v) is 15.2. The molecule has 1 fully saturated rings. The quantitative estimate of drug-likeness (QED) is 0.916. The molecule has 2 aromatic rings. The third-order valence-electron chi connectivity index (χ3n) is 4.95. The molecule has 0 atom stereocenters. The maximum absolute atomic E-state index is 6.08. The lowest BCUT2D eigenvalue weighted by Gasteiger charge is -2.30. The minimum absolute atomic E-state index is 0.528. The number of hydrogen-bond acceptors (Lipinski definition) is 5. The van der Waals surface area contributed by atoms with Crippen molar-refractivity contribution < 1.29 is 14.2 Å². The van der Waals surface area contributed by atoms with Gasteiger partial charge in [0, 0.05) is 60.7 Å². The van der Waals surface area contributed by atoms with Crippen LogP contribution in [0.5, 0.6) is 17.2 Å². The largest absolute Gasteiger partial charge is 0.497 e. The molecule has 0 bridgehead atoms. The summed E-state index contributed by atoms with van der Waals surface area (Å²) in [6.07, 6.45) is 2.19. The van der Waals surface area contributed by atoms with Crippen LogP contribution in [0.25, 0.3) is 11.6 Å². The van der Waals surface area contributed by atoms with E-state index in [-0.39, 0.29) is 0 Å². The molecule has 4 rings (SSSR count). The van der Waals surface area contributed by atoms with Gasteiger partial charge in [0.05, 0.1) is 14.2 Å². The molecule has 1 N–H and O–H groups in total. The van der Waals surface area contributed by atoms with Gasteiger partial charge < -0.3 is 24.4 Å². The standard InChI is InChI=1S/C21H24N2O3/c1-24-18-5-6-19(21(13-18)25-2)16-11-15-3-4-17(12-20(15)26-14-16)23-9-7-22-8-10-23/h3-6,11-13,22H,7-10,14H2,1-2H3. The fourth-order valence-electron chi connectivity index (χ4n) is 3.49. The molecule has 5 nitrogen and oxygen atoms in total. The first-order valence-electron chi connectivity index (χ1n) is 8.94. The molecule has 5 heteroatoms. The van der Waals surface area contributed by atoms with Crippen molar-refractivity contribution >= 4 is 17.3 Å². The minimum atomic E-state index is 0.528. The Kier molecular flexibility index (Phi) is 4.71. The van der Waals surface area contributed by atoms with Gasteiger partial charge in [-0.05, 0) is 30.3 Å². The summed E-state index contributed by atoms with van der Waals surface area (Å²) in [4.78, 5) is 2.39. The van der Waals surface area contributed by atoms with E-state index in [0.717, 1.165) is 60.1 Å². The number of rotatable bonds is 4. The first-order chi connectivity index (χ1) is 12.8. The molecule has 0 saturated carbocycles. The number of nitrogens with one attached hydrogen (secondary N) is 1. The smallest absolute Gasteiger partial charge is 0.130 e. The monoisotopic (exact) mass is 352 g/mol. The Morgan fingerprint density at radius 2 is 1.85 bits per heavy atom. The highest BCUT2D eigenvalue weighted by atomic mass is 16.5. The van der Waals surface area contributed by atoms with E-state index in [1.807, 2.05) is 18.2 Å². The third-order valence-corrected chi connectivity index (χ3v) is 4.95. The van der Waals surface area contributed by atoms with Crippen molar-refractivity contribution in [1.82, 2.24) is 5.32 Å². The van der Waals surface area contributed by atoms with Crippen LogP contribution in [-0.4, -0.2) is 47.0 Å². The van der Waals surface area contributed by atoms with Crippen LogP contribution in [0.2, 0.25) is 0 Å². The van der Waals surface area contributed by atoms with Crippen LogP contribution >= 0.6 is 0 Å². The van der Waals surface area contributed by atoms with Crippen LogP contribution in [0.4, 0.5) is 5.69 Å². The molecule has 26 heavy (non-hydrogen) atoms. The highest BCUT2D eigenvalue weighted by Gasteiger charge is 2.18. The highest BCUT2D eigenvalue weighted by molar-refractivity contribution is 5.88. The molecule has 2 aromatic carbocycles. The average Bonchev–Trinajstić information content (AvgIpc) is 2.73. The van der Waals surface area contributed by atoms with Crippen LogP contribution in [0.15, 0.2) is 36.4 Å². The molecule has 0 aliphatic carbocycles. The molecule has 0 unspecified atom stereocenters. The maximum Gasteiger partial charge on any atom is 0.130 e. The van der Waals surface area contributed by atoms with E-state index in [9.17, 15) is 0 Å². The molecule has 2 aliphatic rings. The summed E-state index contributed by atoms with van der Waals surface area (Å²) in [6, 6.07) is 12.3. The molecular formula is C21H24N2O3. The van der Waals surface area contributed by atoms with Crippen molar-refractivity contribution in [3.63, 3.8) is 0 Å². The number of benzene rings is 2. The van der Waals surface area contributed by atoms with E-state index in [2.05, 4.69) is 34.5 Å². The highest BCUT2D eigenvalue weighted by Crippen LogP contribution is 2.37. The van der Waals surface area contributed by atoms with Gasteiger partial charge in [-0.2, -0.15) is 0 Å². The Balaban J connectivity index is 1.63. The van der Waals surface area contributed by atoms with Gasteiger partial charge in [0.25, 0.3) is 0 Å². The normalized spacial score (nSPS) is 16.4. The number of fused-ring (bicyclic) bond motifs is 1. The average molecular weight is 352 g/mol. The molecule has 0 amide bonds. The van der Waals surface area contributed by atoms with E-state index in [1.54, 1.807) is 14.2 Å². The Hall–Kier alpha value is -2.66. The van der Waals surface area contributed by atoms with Crippen molar-refractivity contribution in [1.29, 1.82) is 0 Å². The van der Waals surface area contributed by atoms with Crippen molar-refractivity contribution in [3.05, 3.63) is 47.5 Å². The van der Waals surface area contributed by atoms with Gasteiger partial charge in [-0.25, -0.2) is 0 Å². The Labute approximate surface area is 154 Å². The van der Waals surface area contributed by atoms with Gasteiger partial charge in [0.1, 0.15) is 23.9 Å². The van der Waals surface area contributed by atoms with Gasteiger partial charge in [0.2, 0.25) is 0 Å². The number of hydrogen-bond donors (Lipinski definition) is 1. The van der Waals surface area contributed by atoms with Gasteiger partial charge in [-0.1, -0.05) is 0 Å². The van der Waals surface area contributed by atoms with Crippen LogP contribution in [0, 0.1) is 0 Å². The topological polar surface area (TPSA) is 43.0 Å². The molecular weight excluding hydrogens is 328 g/mol. The fraction of sp³-hybridized carbons (Fsp3) is 0.333. The summed E-state index contributed by atoms with van der Waals surface area (Å²) >= 11 is 0. The maximum atomic E-state index is 6.08. The molecule has 136 valence electrons. The lowest BCUT2D eigenvalue weighted by Crippen LogP contribution is -2.43. The zero-order chi connectivity index (χ0) is 17.9. The molecule has 2 heterocycles. The predicted octanol–water partition coefficient (Wildman–Crippen LogP) is 3.05. The van der Waals surface area contributed by atoms with Crippen LogP contribution < -0.4 is 24.4 Å². The van der Waals surface area contributed by atoms with Crippen LogP contribution in [-0.2, 0) is 0 Å². The predicted molar refractivity (Wildman–Crippen MR) is 104 cm³/mol. The SMILES string of the molecule is COc1ccc(C2=Cc3ccc(N4CCNCC4)cc3OC2)c(OC)c1. The fourth-order valence-corrected chi connectivity index (χ4v) is 3.49. The van der Waals surface area contributed by atoms with Crippen molar-refractivity contribution in [2.45, 2.75) is 0 Å². The number of ether oxygens (including phenoxy) is 3. The Bertz CT molecular complexity index is 826. The minimum Gasteiger partial charge on any atom is -0.497 e. The summed E-state index contributed by atoms with van der Waals surface area (Å²) in [7, 11) is 3.33. The molecule has 0 aromatic heterocycles. The second kappa shape index (κ2) is 7.30. The van der Waals surface area contributed by atoms with Gasteiger partial charge >= 0.3 is 0 Å². The molecule has 2 aliphatic heterocycles. The second-order valence-electron chi connectivity index (χ2n) is 6.48. The summed E-state index contributed by atoms with van der Waals surface area (Å²) in [5, 5.41) is 3.39. The van der Waals surface area contributed by atoms with E-state index < -0.39 is 0 Å². The lowest BCUT2D eigenvalue weighted by molar-refractivity contribution is 0.363. The third kappa shape index (κ3) is 3.22. The van der Waals surface area contributed by atoms with Crippen molar-refractivity contribution in [2.75, 3.05) is 51.9 Å². The number of nitrogens with zero attached hydrogens (tertiary/aromatic N) is 1. The Morgan fingerprint density at radius 1 is 1.00 bits per heavy atom. The number of methoxy groups -OCH3 is 2. The van der Waals surface area contributed by atoms with Crippen molar-refractivity contribution in [2.24, 2.45) is 0 Å². The van der Waals surface area contributed by atoms with Crippen LogP contribution in [0.3, 0.4) is 0 Å². The molecule has 0 radical (unpaired) electrons. The van der Waals surface area contributed by atoms with Gasteiger partial charge in [-0.3, -0.25) is 0 Å². The Morgan fingerprint density at radius 3 is 2.62 bits per heavy atom. The lowest BCUT2D eigenvalue weighted by atomic mass is 9.99. The zero-order valence-electron chi connectivity index (χ0n) is 15.2. The summed E-state index contributed by atoms with van der Waals surface area (Å²) in [5.74, 6) is 2.52. The summed E-state index contributed by atoms with van der Waals surface area (Å²) in [5.41, 5.74) is 4.46. The van der Waals surface area contributed by atoms with E-state index in [4.69, 9.17) is 14.2 Å². The van der Waals surface area contributed by atoms with E-state index >= 15 is 0 Å². The first kappa shape index (κ1) is 16.8. The second-order valence-corrected chi connectivity index (χ2v) is 6.48. The van der Waals surface area contributed by atoms with Crippen molar-refractivity contribution in [3.8, 4) is 17.2 Å². The van der Waals surface area contributed by atoms with E-state index in [1.165, 1.54) is 5.69 Å². The van der Waals surface area contributed by atoms with Crippen LogP contribution in [0.1, 0.15) is 11.1 Å². The number of piperazine rings is 1. The van der Waals surface area contributed by atoms with E-state index in [0.29, 0.717) is 6.61 Å². The summed E-state index contributed by atoms with van der Waals surface area (Å²) in [6.45, 7) is 4.64. The first-order valence-corrected chi connectivity index (χ1v) is 8.94. The van der Waals surface area contributed by atoms with Gasteiger partial charge in [-0.15, -0.1) is 0 Å². The van der Waals surface area contributed by atoms with Gasteiger partial charge in [0.15, 0.2) is 0 Å². The number of anilines is 1.